The third kappa shape index (κ3) is 3.31. The van der Waals surface area contributed by atoms with Gasteiger partial charge in [0.2, 0.25) is 0 Å². The molecule has 1 saturated heterocycles. The number of aryl methyl sites for hydroxylation is 1. The van der Waals surface area contributed by atoms with Crippen LogP contribution >= 0.6 is 0 Å². The van der Waals surface area contributed by atoms with Gasteiger partial charge in [0, 0.05) is 37.5 Å². The van der Waals surface area contributed by atoms with Gasteiger partial charge in [-0.15, -0.1) is 10.2 Å². The molecule has 3 aromatic heterocycles. The fourth-order valence-corrected chi connectivity index (χ4v) is 3.45. The Bertz CT molecular complexity index is 1020. The van der Waals surface area contributed by atoms with E-state index < -0.39 is 0 Å². The van der Waals surface area contributed by atoms with Crippen molar-refractivity contribution in [3.63, 3.8) is 0 Å². The Morgan fingerprint density at radius 1 is 1.11 bits per heavy atom. The number of anilines is 1. The van der Waals surface area contributed by atoms with Gasteiger partial charge in [0.05, 0.1) is 12.0 Å². The monoisotopic (exact) mass is 367 g/mol. The molecule has 0 aliphatic carbocycles. The van der Waals surface area contributed by atoms with Crippen LogP contribution in [0.15, 0.2) is 29.3 Å². The van der Waals surface area contributed by atoms with Crippen LogP contribution in [-0.2, 0) is 12.5 Å². The van der Waals surface area contributed by atoms with E-state index in [1.54, 1.807) is 19.4 Å². The zero-order valence-electron chi connectivity index (χ0n) is 16.3. The van der Waals surface area contributed by atoms with Crippen molar-refractivity contribution in [3.05, 3.63) is 46.4 Å². The van der Waals surface area contributed by atoms with Crippen molar-refractivity contribution >= 4 is 11.5 Å². The molecule has 27 heavy (non-hydrogen) atoms. The summed E-state index contributed by atoms with van der Waals surface area (Å²) in [5.74, 6) is 1.97. The van der Waals surface area contributed by atoms with Crippen LogP contribution < -0.4 is 10.5 Å². The normalized spacial score (nSPS) is 16.2. The number of aromatic nitrogens is 6. The summed E-state index contributed by atoms with van der Waals surface area (Å²) in [5.41, 5.74) is 1.75. The molecule has 1 aliphatic heterocycles. The van der Waals surface area contributed by atoms with Gasteiger partial charge >= 0.3 is 0 Å². The minimum absolute atomic E-state index is 0.0236. The van der Waals surface area contributed by atoms with Gasteiger partial charge in [0.15, 0.2) is 11.5 Å². The molecule has 4 rings (SSSR count). The van der Waals surface area contributed by atoms with Crippen molar-refractivity contribution in [2.75, 3.05) is 18.0 Å². The summed E-state index contributed by atoms with van der Waals surface area (Å²) in [4.78, 5) is 18.4. The summed E-state index contributed by atoms with van der Waals surface area (Å²) in [6.07, 6.45) is 3.44. The zero-order chi connectivity index (χ0) is 19.2. The molecule has 4 heterocycles. The standard InChI is InChI=1S/C19H25N7O/c1-19(2,3)14-5-6-15-21-22-18(26(15)23-14)13-7-9-25(10-8-13)16-11-17(27)24(4)12-20-16/h5-6,11-13H,7-10H2,1-4H3. The largest absolute Gasteiger partial charge is 0.356 e. The molecule has 8 heteroatoms. The molecule has 142 valence electrons. The van der Waals surface area contributed by atoms with Crippen LogP contribution in [0.25, 0.3) is 5.65 Å². The van der Waals surface area contributed by atoms with Crippen LogP contribution in [0, 0.1) is 0 Å². The van der Waals surface area contributed by atoms with Crippen molar-refractivity contribution in [1.82, 2.24) is 29.4 Å². The van der Waals surface area contributed by atoms with E-state index in [1.165, 1.54) is 4.57 Å². The minimum Gasteiger partial charge on any atom is -0.356 e. The highest BCUT2D eigenvalue weighted by Crippen LogP contribution is 2.29. The fourth-order valence-electron chi connectivity index (χ4n) is 3.45. The number of nitrogens with zero attached hydrogens (tertiary/aromatic N) is 7. The van der Waals surface area contributed by atoms with E-state index in [-0.39, 0.29) is 11.0 Å². The fraction of sp³-hybridized carbons (Fsp3) is 0.526. The Morgan fingerprint density at radius 2 is 1.85 bits per heavy atom. The summed E-state index contributed by atoms with van der Waals surface area (Å²) in [7, 11) is 1.71. The molecular weight excluding hydrogens is 342 g/mol. The Hall–Kier alpha value is -2.77. The number of rotatable bonds is 2. The Balaban J connectivity index is 1.56. The SMILES string of the molecule is Cn1cnc(N2CCC(c3nnc4ccc(C(C)(C)C)nn34)CC2)cc1=O. The highest BCUT2D eigenvalue weighted by atomic mass is 16.1. The van der Waals surface area contributed by atoms with Crippen LogP contribution in [0.5, 0.6) is 0 Å². The second-order valence-corrected chi connectivity index (χ2v) is 8.25. The lowest BCUT2D eigenvalue weighted by atomic mass is 9.92. The summed E-state index contributed by atoms with van der Waals surface area (Å²) in [5, 5.41) is 13.5. The van der Waals surface area contributed by atoms with Gasteiger partial charge in [0.25, 0.3) is 5.56 Å². The lowest BCUT2D eigenvalue weighted by Crippen LogP contribution is -2.35. The first-order valence-electron chi connectivity index (χ1n) is 9.33. The average molecular weight is 367 g/mol. The molecule has 0 saturated carbocycles. The lowest BCUT2D eigenvalue weighted by molar-refractivity contribution is 0.470. The molecule has 1 fully saturated rings. The van der Waals surface area contributed by atoms with E-state index in [0.29, 0.717) is 5.92 Å². The van der Waals surface area contributed by atoms with Gasteiger partial charge in [-0.25, -0.2) is 4.98 Å². The highest BCUT2D eigenvalue weighted by molar-refractivity contribution is 5.39. The Kier molecular flexibility index (Phi) is 4.20. The molecule has 3 aromatic rings. The molecule has 0 amide bonds. The zero-order valence-corrected chi connectivity index (χ0v) is 16.3. The lowest BCUT2D eigenvalue weighted by Gasteiger charge is -2.31. The van der Waals surface area contributed by atoms with Crippen molar-refractivity contribution in [1.29, 1.82) is 0 Å². The summed E-state index contributed by atoms with van der Waals surface area (Å²) >= 11 is 0. The maximum absolute atomic E-state index is 11.9. The van der Waals surface area contributed by atoms with E-state index in [1.807, 2.05) is 16.6 Å². The van der Waals surface area contributed by atoms with Crippen LogP contribution in [0.1, 0.15) is 51.0 Å². The predicted molar refractivity (Wildman–Crippen MR) is 103 cm³/mol. The van der Waals surface area contributed by atoms with E-state index >= 15 is 0 Å². The van der Waals surface area contributed by atoms with Crippen LogP contribution in [0.4, 0.5) is 5.82 Å². The van der Waals surface area contributed by atoms with Crippen LogP contribution in [0.2, 0.25) is 0 Å². The van der Waals surface area contributed by atoms with Gasteiger partial charge < -0.3 is 9.47 Å². The molecule has 0 unspecified atom stereocenters. The third-order valence-electron chi connectivity index (χ3n) is 5.20. The smallest absolute Gasteiger partial charge is 0.255 e. The van der Waals surface area contributed by atoms with Gasteiger partial charge in [-0.05, 0) is 25.0 Å². The maximum atomic E-state index is 11.9. The number of fused-ring (bicyclic) bond motifs is 1. The predicted octanol–water partition coefficient (Wildman–Crippen LogP) is 1.90. The van der Waals surface area contributed by atoms with Crippen molar-refractivity contribution in [3.8, 4) is 0 Å². The topological polar surface area (TPSA) is 81.2 Å². The molecule has 0 atom stereocenters. The van der Waals surface area contributed by atoms with Gasteiger partial charge in [-0.1, -0.05) is 20.8 Å². The molecule has 0 spiro atoms. The van der Waals surface area contributed by atoms with Crippen LogP contribution in [-0.4, -0.2) is 42.5 Å². The first-order valence-corrected chi connectivity index (χ1v) is 9.33. The van der Waals surface area contributed by atoms with E-state index in [2.05, 4.69) is 40.9 Å². The van der Waals surface area contributed by atoms with Gasteiger partial charge in [-0.3, -0.25) is 4.79 Å². The third-order valence-corrected chi connectivity index (χ3v) is 5.20. The number of piperidine rings is 1. The number of hydrogen-bond acceptors (Lipinski definition) is 6. The van der Waals surface area contributed by atoms with Crippen LogP contribution in [0.3, 0.4) is 0 Å². The van der Waals surface area contributed by atoms with Crippen molar-refractivity contribution in [2.45, 2.75) is 44.9 Å². The Labute approximate surface area is 157 Å². The molecule has 1 aliphatic rings. The molecule has 0 aromatic carbocycles. The first-order chi connectivity index (χ1) is 12.8. The highest BCUT2D eigenvalue weighted by Gasteiger charge is 2.26. The summed E-state index contributed by atoms with van der Waals surface area (Å²) in [6.45, 7) is 8.12. The number of hydrogen-bond donors (Lipinski definition) is 0. The quantitative estimate of drug-likeness (QED) is 0.688. The molecule has 0 N–H and O–H groups in total. The van der Waals surface area contributed by atoms with Gasteiger partial charge in [-0.2, -0.15) is 9.61 Å². The first kappa shape index (κ1) is 17.6. The molecule has 8 nitrogen and oxygen atoms in total. The second-order valence-electron chi connectivity index (χ2n) is 8.25. The van der Waals surface area contributed by atoms with E-state index in [4.69, 9.17) is 5.10 Å². The minimum atomic E-state index is -0.0375. The van der Waals surface area contributed by atoms with Crippen molar-refractivity contribution in [2.24, 2.45) is 7.05 Å². The van der Waals surface area contributed by atoms with E-state index in [0.717, 1.165) is 48.9 Å². The molecule has 0 radical (unpaired) electrons. The van der Waals surface area contributed by atoms with E-state index in [9.17, 15) is 4.79 Å². The maximum Gasteiger partial charge on any atom is 0.255 e. The van der Waals surface area contributed by atoms with Gasteiger partial charge in [0.1, 0.15) is 5.82 Å². The summed E-state index contributed by atoms with van der Waals surface area (Å²) in [6, 6.07) is 5.62. The average Bonchev–Trinajstić information content (AvgIpc) is 3.07. The summed E-state index contributed by atoms with van der Waals surface area (Å²) < 4.78 is 3.38. The molecule has 0 bridgehead atoms. The molecular formula is C19H25N7O. The Morgan fingerprint density at radius 3 is 2.52 bits per heavy atom. The second kappa shape index (κ2) is 6.44. The van der Waals surface area contributed by atoms with Crippen molar-refractivity contribution < 1.29 is 0 Å².